The van der Waals surface area contributed by atoms with Crippen molar-refractivity contribution in [3.8, 4) is 11.5 Å². The summed E-state index contributed by atoms with van der Waals surface area (Å²) in [5, 5.41) is 11.3. The Balaban J connectivity index is 1.65. The topological polar surface area (TPSA) is 105 Å². The standard InChI is InChI=1S/C29H27N3O5/c1-4-36-20-13-11-19(12-14-20)26(33)24-25(18-9-15-21(16-10-18)37-17(2)3)32(28(35)27(24)34)29-30-22-7-5-6-8-23(22)31-29/h5-17,25,33H,4H2,1-3H3,(H,30,31)/b26-24+. The molecule has 0 radical (unpaired) electrons. The number of aliphatic hydroxyl groups excluding tert-OH is 1. The van der Waals surface area contributed by atoms with Crippen LogP contribution >= 0.6 is 0 Å². The SMILES string of the molecule is CCOc1ccc(/C(O)=C2\C(=O)C(=O)N(c3nc4ccccc4[nH]3)C2c2ccc(OC(C)C)cc2)cc1. The van der Waals surface area contributed by atoms with E-state index in [0.29, 0.717) is 34.7 Å². The number of para-hydroxylation sites is 2. The summed E-state index contributed by atoms with van der Waals surface area (Å²) in [5.41, 5.74) is 2.39. The van der Waals surface area contributed by atoms with E-state index in [0.717, 1.165) is 5.52 Å². The van der Waals surface area contributed by atoms with Gasteiger partial charge in [-0.25, -0.2) is 4.98 Å². The van der Waals surface area contributed by atoms with Gasteiger partial charge in [0.2, 0.25) is 5.95 Å². The molecule has 1 aliphatic rings. The molecule has 8 nitrogen and oxygen atoms in total. The molecular formula is C29H27N3O5. The fraction of sp³-hybridized carbons (Fsp3) is 0.207. The molecule has 2 heterocycles. The molecule has 5 rings (SSSR count). The van der Waals surface area contributed by atoms with Crippen molar-refractivity contribution in [2.45, 2.75) is 32.9 Å². The molecule has 1 fully saturated rings. The molecule has 0 aliphatic carbocycles. The van der Waals surface area contributed by atoms with Crippen LogP contribution in [0.4, 0.5) is 5.95 Å². The van der Waals surface area contributed by atoms with Crippen LogP contribution in [0.15, 0.2) is 78.4 Å². The Morgan fingerprint density at radius 2 is 1.68 bits per heavy atom. The lowest BCUT2D eigenvalue weighted by Gasteiger charge is -2.23. The number of amides is 1. The largest absolute Gasteiger partial charge is 0.507 e. The van der Waals surface area contributed by atoms with Gasteiger partial charge in [-0.15, -0.1) is 0 Å². The van der Waals surface area contributed by atoms with E-state index in [9.17, 15) is 14.7 Å². The lowest BCUT2D eigenvalue weighted by molar-refractivity contribution is -0.132. The molecule has 1 aliphatic heterocycles. The Hall–Kier alpha value is -4.59. The number of nitrogens with one attached hydrogen (secondary N) is 1. The van der Waals surface area contributed by atoms with Crippen LogP contribution < -0.4 is 14.4 Å². The molecule has 3 aromatic carbocycles. The van der Waals surface area contributed by atoms with E-state index in [2.05, 4.69) is 9.97 Å². The maximum Gasteiger partial charge on any atom is 0.302 e. The highest BCUT2D eigenvalue weighted by molar-refractivity contribution is 6.51. The van der Waals surface area contributed by atoms with Gasteiger partial charge in [-0.05, 0) is 74.9 Å². The summed E-state index contributed by atoms with van der Waals surface area (Å²) in [7, 11) is 0. The Morgan fingerprint density at radius 3 is 2.32 bits per heavy atom. The molecule has 1 aromatic heterocycles. The third kappa shape index (κ3) is 4.53. The van der Waals surface area contributed by atoms with E-state index < -0.39 is 17.7 Å². The van der Waals surface area contributed by atoms with Crippen LogP contribution in [0.3, 0.4) is 0 Å². The van der Waals surface area contributed by atoms with Crippen molar-refractivity contribution in [3.05, 3.63) is 89.5 Å². The van der Waals surface area contributed by atoms with Gasteiger partial charge >= 0.3 is 5.91 Å². The van der Waals surface area contributed by atoms with E-state index in [4.69, 9.17) is 9.47 Å². The van der Waals surface area contributed by atoms with Gasteiger partial charge in [-0.1, -0.05) is 24.3 Å². The van der Waals surface area contributed by atoms with Crippen LogP contribution in [0.2, 0.25) is 0 Å². The van der Waals surface area contributed by atoms with Crippen molar-refractivity contribution < 1.29 is 24.2 Å². The molecule has 0 bridgehead atoms. The van der Waals surface area contributed by atoms with Crippen molar-refractivity contribution >= 4 is 34.4 Å². The number of rotatable bonds is 7. The number of ether oxygens (including phenoxy) is 2. The van der Waals surface area contributed by atoms with Crippen molar-refractivity contribution in [1.82, 2.24) is 9.97 Å². The minimum atomic E-state index is -0.903. The fourth-order valence-corrected chi connectivity index (χ4v) is 4.45. The first-order chi connectivity index (χ1) is 17.9. The Morgan fingerprint density at radius 1 is 1.00 bits per heavy atom. The number of fused-ring (bicyclic) bond motifs is 1. The molecule has 188 valence electrons. The molecule has 4 aromatic rings. The minimum absolute atomic E-state index is 0.00769. The number of hydrogen-bond acceptors (Lipinski definition) is 6. The number of imidazole rings is 1. The molecule has 0 spiro atoms. The highest BCUT2D eigenvalue weighted by atomic mass is 16.5. The molecular weight excluding hydrogens is 470 g/mol. The van der Waals surface area contributed by atoms with Crippen molar-refractivity contribution in [1.29, 1.82) is 0 Å². The highest BCUT2D eigenvalue weighted by Gasteiger charge is 2.48. The lowest BCUT2D eigenvalue weighted by Crippen LogP contribution is -2.30. The van der Waals surface area contributed by atoms with Crippen LogP contribution in [0, 0.1) is 0 Å². The second-order valence-corrected chi connectivity index (χ2v) is 8.94. The first-order valence-corrected chi connectivity index (χ1v) is 12.1. The number of H-pyrrole nitrogens is 1. The van der Waals surface area contributed by atoms with Gasteiger partial charge < -0.3 is 19.6 Å². The quantitative estimate of drug-likeness (QED) is 0.202. The zero-order chi connectivity index (χ0) is 26.1. The van der Waals surface area contributed by atoms with E-state index >= 15 is 0 Å². The van der Waals surface area contributed by atoms with Crippen LogP contribution in [0.1, 0.15) is 37.9 Å². The summed E-state index contributed by atoms with van der Waals surface area (Å²) in [5.74, 6) is -0.322. The van der Waals surface area contributed by atoms with Gasteiger partial charge in [0.15, 0.2) is 0 Å². The zero-order valence-electron chi connectivity index (χ0n) is 20.8. The van der Waals surface area contributed by atoms with E-state index in [1.807, 2.05) is 45.0 Å². The number of ketones is 1. The average Bonchev–Trinajstić information content (AvgIpc) is 3.43. The zero-order valence-corrected chi connectivity index (χ0v) is 20.8. The summed E-state index contributed by atoms with van der Waals surface area (Å²) in [4.78, 5) is 35.8. The molecule has 37 heavy (non-hydrogen) atoms. The third-order valence-corrected chi connectivity index (χ3v) is 6.06. The number of aromatic amines is 1. The Bertz CT molecular complexity index is 1450. The molecule has 1 atom stereocenters. The predicted molar refractivity (Wildman–Crippen MR) is 141 cm³/mol. The van der Waals surface area contributed by atoms with Crippen LogP contribution in [-0.4, -0.2) is 39.5 Å². The first-order valence-electron chi connectivity index (χ1n) is 12.1. The van der Waals surface area contributed by atoms with E-state index in [-0.39, 0.29) is 23.4 Å². The van der Waals surface area contributed by atoms with Gasteiger partial charge in [0.25, 0.3) is 5.78 Å². The van der Waals surface area contributed by atoms with Gasteiger partial charge in [-0.3, -0.25) is 14.5 Å². The van der Waals surface area contributed by atoms with Gasteiger partial charge in [-0.2, -0.15) is 0 Å². The van der Waals surface area contributed by atoms with Gasteiger partial charge in [0.1, 0.15) is 17.3 Å². The summed E-state index contributed by atoms with van der Waals surface area (Å²) in [6, 6.07) is 20.3. The Labute approximate surface area is 214 Å². The monoisotopic (exact) mass is 497 g/mol. The van der Waals surface area contributed by atoms with Crippen molar-refractivity contribution in [2.24, 2.45) is 0 Å². The number of nitrogens with zero attached hydrogens (tertiary/aromatic N) is 2. The molecule has 0 saturated carbocycles. The molecule has 2 N–H and O–H groups in total. The second kappa shape index (κ2) is 9.81. The normalized spacial score (nSPS) is 17.1. The first kappa shape index (κ1) is 24.1. The fourth-order valence-electron chi connectivity index (χ4n) is 4.45. The van der Waals surface area contributed by atoms with E-state index in [1.54, 1.807) is 48.5 Å². The third-order valence-electron chi connectivity index (χ3n) is 6.06. The van der Waals surface area contributed by atoms with Crippen LogP contribution in [0.5, 0.6) is 11.5 Å². The Kier molecular flexibility index (Phi) is 6.40. The number of hydrogen-bond donors (Lipinski definition) is 2. The highest BCUT2D eigenvalue weighted by Crippen LogP contribution is 2.42. The number of aromatic nitrogens is 2. The maximum absolute atomic E-state index is 13.4. The number of aliphatic hydroxyl groups is 1. The summed E-state index contributed by atoms with van der Waals surface area (Å²) in [6.07, 6.45) is -0.00769. The van der Waals surface area contributed by atoms with Crippen LogP contribution in [0.25, 0.3) is 16.8 Å². The van der Waals surface area contributed by atoms with Gasteiger partial charge in [0.05, 0.1) is 35.4 Å². The summed E-state index contributed by atoms with van der Waals surface area (Å²) < 4.78 is 11.2. The second-order valence-electron chi connectivity index (χ2n) is 8.94. The molecule has 1 amide bonds. The number of carbonyl (C=O) groups excluding carboxylic acids is 2. The minimum Gasteiger partial charge on any atom is -0.507 e. The number of anilines is 1. The van der Waals surface area contributed by atoms with E-state index in [1.165, 1.54) is 4.90 Å². The maximum atomic E-state index is 13.4. The summed E-state index contributed by atoms with van der Waals surface area (Å²) in [6.45, 7) is 6.25. The molecule has 8 heteroatoms. The number of benzene rings is 3. The predicted octanol–water partition coefficient (Wildman–Crippen LogP) is 5.38. The van der Waals surface area contributed by atoms with Gasteiger partial charge in [0, 0.05) is 5.56 Å². The van der Waals surface area contributed by atoms with Crippen LogP contribution in [-0.2, 0) is 9.59 Å². The van der Waals surface area contributed by atoms with Crippen molar-refractivity contribution in [3.63, 3.8) is 0 Å². The lowest BCUT2D eigenvalue weighted by atomic mass is 9.95. The average molecular weight is 498 g/mol. The van der Waals surface area contributed by atoms with Crippen molar-refractivity contribution in [2.75, 3.05) is 11.5 Å². The number of Topliss-reactive ketones (excluding diaryl/α,β-unsaturated/α-hetero) is 1. The number of carbonyl (C=O) groups is 2. The smallest absolute Gasteiger partial charge is 0.302 e. The molecule has 1 saturated heterocycles. The molecule has 1 unspecified atom stereocenters. The summed E-state index contributed by atoms with van der Waals surface area (Å²) >= 11 is 0.